The fourth-order valence-electron chi connectivity index (χ4n) is 3.84. The van der Waals surface area contributed by atoms with Crippen LogP contribution in [0.5, 0.6) is 0 Å². The van der Waals surface area contributed by atoms with E-state index in [1.54, 1.807) is 19.1 Å². The van der Waals surface area contributed by atoms with E-state index < -0.39 is 16.1 Å². The highest BCUT2D eigenvalue weighted by atomic mass is 32.2. The van der Waals surface area contributed by atoms with E-state index in [1.807, 2.05) is 67.6 Å². The fraction of sp³-hybridized carbons (Fsp3) is 0.207. The number of rotatable bonds is 12. The maximum absolute atomic E-state index is 12.1. The normalized spacial score (nSPS) is 12.6. The fourth-order valence-corrected chi connectivity index (χ4v) is 4.57. The number of benzene rings is 3. The van der Waals surface area contributed by atoms with Crippen molar-refractivity contribution in [3.8, 4) is 0 Å². The lowest BCUT2D eigenvalue weighted by molar-refractivity contribution is 0.208. The molecular formula is C29H33N7O3S. The minimum Gasteiger partial charge on any atom is -0.392 e. The van der Waals surface area contributed by atoms with Gasteiger partial charge in [-0.3, -0.25) is 5.43 Å². The van der Waals surface area contributed by atoms with E-state index in [-0.39, 0.29) is 4.90 Å². The van der Waals surface area contributed by atoms with Crippen LogP contribution in [0.1, 0.15) is 30.5 Å². The monoisotopic (exact) mass is 559 g/mol. The Morgan fingerprint density at radius 1 is 0.925 bits per heavy atom. The average Bonchev–Trinajstić information content (AvgIpc) is 2.97. The molecule has 0 spiro atoms. The highest BCUT2D eigenvalue weighted by Crippen LogP contribution is 2.28. The standard InChI is InChI=1S/C29H33N7O3S/c1-20(37)19-31-27-26(18-22-10-6-4-7-11-22)28(34-29(33-27)32-24-12-8-5-9-13-24)36-35-21(2)23-14-16-25(17-15-23)40(38,39)30-3/h4-17,20,30,37H,18-19H2,1-3H3,(H3,31,32,33,34,36). The van der Waals surface area contributed by atoms with Crippen LogP contribution in [0.4, 0.5) is 23.3 Å². The number of hydrogen-bond acceptors (Lipinski definition) is 9. The van der Waals surface area contributed by atoms with Crippen molar-refractivity contribution in [1.82, 2.24) is 14.7 Å². The third-order valence-corrected chi connectivity index (χ3v) is 7.44. The van der Waals surface area contributed by atoms with Gasteiger partial charge < -0.3 is 15.7 Å². The Labute approximate surface area is 234 Å². The zero-order valence-corrected chi connectivity index (χ0v) is 23.4. The van der Waals surface area contributed by atoms with Crippen molar-refractivity contribution in [1.29, 1.82) is 0 Å². The molecule has 208 valence electrons. The van der Waals surface area contributed by atoms with Gasteiger partial charge in [-0.2, -0.15) is 15.1 Å². The largest absolute Gasteiger partial charge is 0.392 e. The number of nitrogens with zero attached hydrogens (tertiary/aromatic N) is 3. The Kier molecular flexibility index (Phi) is 9.43. The lowest BCUT2D eigenvalue weighted by Gasteiger charge is -2.18. The number of sulfonamides is 1. The predicted molar refractivity (Wildman–Crippen MR) is 160 cm³/mol. The summed E-state index contributed by atoms with van der Waals surface area (Å²) in [5, 5.41) is 21.0. The molecule has 4 rings (SSSR count). The number of nitrogens with one attached hydrogen (secondary N) is 4. The van der Waals surface area contributed by atoms with Gasteiger partial charge in [0.2, 0.25) is 16.0 Å². The number of aromatic nitrogens is 2. The van der Waals surface area contributed by atoms with Gasteiger partial charge in [-0.15, -0.1) is 0 Å². The number of hydrazone groups is 1. The number of aliphatic hydroxyl groups excluding tert-OH is 1. The third-order valence-electron chi connectivity index (χ3n) is 6.01. The Bertz CT molecular complexity index is 1540. The van der Waals surface area contributed by atoms with Crippen LogP contribution in [0.3, 0.4) is 0 Å². The average molecular weight is 560 g/mol. The molecule has 0 amide bonds. The van der Waals surface area contributed by atoms with Crippen molar-refractivity contribution < 1.29 is 13.5 Å². The summed E-state index contributed by atoms with van der Waals surface area (Å²) >= 11 is 0. The van der Waals surface area contributed by atoms with Crippen molar-refractivity contribution in [2.24, 2.45) is 5.10 Å². The van der Waals surface area contributed by atoms with Crippen LogP contribution in [-0.2, 0) is 16.4 Å². The van der Waals surface area contributed by atoms with Crippen LogP contribution in [-0.4, -0.2) is 48.9 Å². The highest BCUT2D eigenvalue weighted by molar-refractivity contribution is 7.89. The van der Waals surface area contributed by atoms with Crippen LogP contribution in [0.25, 0.3) is 0 Å². The lowest BCUT2D eigenvalue weighted by Crippen LogP contribution is -2.19. The molecule has 40 heavy (non-hydrogen) atoms. The van der Waals surface area contributed by atoms with Gasteiger partial charge in [0.05, 0.1) is 16.7 Å². The minimum atomic E-state index is -3.53. The first-order valence-electron chi connectivity index (χ1n) is 12.8. The molecule has 0 bridgehead atoms. The SMILES string of the molecule is CNS(=O)(=O)c1ccc(C(C)=NNc2nc(Nc3ccccc3)nc(NCC(C)O)c2Cc2ccccc2)cc1. The topological polar surface area (TPSA) is 141 Å². The maximum atomic E-state index is 12.1. The first-order valence-corrected chi connectivity index (χ1v) is 14.3. The number of para-hydroxylation sites is 1. The van der Waals surface area contributed by atoms with Crippen molar-refractivity contribution in [3.63, 3.8) is 0 Å². The molecule has 0 fully saturated rings. The Balaban J connectivity index is 1.72. The molecule has 1 atom stereocenters. The molecule has 1 aromatic heterocycles. The zero-order valence-electron chi connectivity index (χ0n) is 22.6. The highest BCUT2D eigenvalue weighted by Gasteiger charge is 2.17. The molecule has 11 heteroatoms. The second kappa shape index (κ2) is 13.2. The van der Waals surface area contributed by atoms with Gasteiger partial charge in [-0.05, 0) is 56.3 Å². The van der Waals surface area contributed by atoms with E-state index in [0.717, 1.165) is 22.4 Å². The van der Waals surface area contributed by atoms with Crippen LogP contribution in [0.2, 0.25) is 0 Å². The summed E-state index contributed by atoms with van der Waals surface area (Å²) in [6.07, 6.45) is -0.0707. The molecule has 4 aromatic rings. The van der Waals surface area contributed by atoms with Gasteiger partial charge in [-0.25, -0.2) is 13.1 Å². The summed E-state index contributed by atoms with van der Waals surface area (Å²) in [6.45, 7) is 3.82. The van der Waals surface area contributed by atoms with Crippen LogP contribution in [0, 0.1) is 0 Å². The quantitative estimate of drug-likeness (QED) is 0.127. The van der Waals surface area contributed by atoms with Crippen molar-refractivity contribution in [2.75, 3.05) is 29.7 Å². The molecule has 0 aliphatic heterocycles. The van der Waals surface area contributed by atoms with E-state index >= 15 is 0 Å². The summed E-state index contributed by atoms with van der Waals surface area (Å²) in [7, 11) is -2.16. The summed E-state index contributed by atoms with van der Waals surface area (Å²) in [6, 6.07) is 26.0. The summed E-state index contributed by atoms with van der Waals surface area (Å²) in [5.41, 5.74) is 7.14. The molecule has 0 radical (unpaired) electrons. The lowest BCUT2D eigenvalue weighted by atomic mass is 10.1. The van der Waals surface area contributed by atoms with E-state index in [1.165, 1.54) is 19.2 Å². The van der Waals surface area contributed by atoms with E-state index in [2.05, 4.69) is 25.9 Å². The third kappa shape index (κ3) is 7.63. The number of aliphatic hydroxyl groups is 1. The molecule has 0 saturated carbocycles. The molecule has 0 aliphatic rings. The summed E-state index contributed by atoms with van der Waals surface area (Å²) in [5.74, 6) is 1.40. The second-order valence-electron chi connectivity index (χ2n) is 9.15. The smallest absolute Gasteiger partial charge is 0.240 e. The number of hydrogen-bond donors (Lipinski definition) is 5. The first kappa shape index (κ1) is 28.7. The summed E-state index contributed by atoms with van der Waals surface area (Å²) in [4.78, 5) is 9.64. The Hall–Kier alpha value is -4.32. The van der Waals surface area contributed by atoms with Crippen molar-refractivity contribution in [2.45, 2.75) is 31.3 Å². The first-order chi connectivity index (χ1) is 19.2. The van der Waals surface area contributed by atoms with Gasteiger partial charge in [0.25, 0.3) is 0 Å². The zero-order chi connectivity index (χ0) is 28.5. The van der Waals surface area contributed by atoms with Gasteiger partial charge in [0, 0.05) is 24.2 Å². The molecule has 10 nitrogen and oxygen atoms in total. The molecule has 1 unspecified atom stereocenters. The van der Waals surface area contributed by atoms with E-state index in [0.29, 0.717) is 36.3 Å². The van der Waals surface area contributed by atoms with E-state index in [4.69, 9.17) is 9.97 Å². The molecule has 0 aliphatic carbocycles. The van der Waals surface area contributed by atoms with E-state index in [9.17, 15) is 13.5 Å². The van der Waals surface area contributed by atoms with Gasteiger partial charge in [-0.1, -0.05) is 60.7 Å². The predicted octanol–water partition coefficient (Wildman–Crippen LogP) is 4.35. The van der Waals surface area contributed by atoms with Crippen LogP contribution < -0.4 is 20.8 Å². The second-order valence-corrected chi connectivity index (χ2v) is 11.0. The molecular weight excluding hydrogens is 526 g/mol. The minimum absolute atomic E-state index is 0.172. The van der Waals surface area contributed by atoms with Crippen LogP contribution >= 0.6 is 0 Å². The van der Waals surface area contributed by atoms with Crippen molar-refractivity contribution in [3.05, 3.63) is 102 Å². The van der Waals surface area contributed by atoms with Gasteiger partial charge >= 0.3 is 0 Å². The molecule has 5 N–H and O–H groups in total. The summed E-state index contributed by atoms with van der Waals surface area (Å²) < 4.78 is 26.5. The van der Waals surface area contributed by atoms with Gasteiger partial charge in [0.1, 0.15) is 5.82 Å². The van der Waals surface area contributed by atoms with Crippen molar-refractivity contribution >= 4 is 39.0 Å². The molecule has 1 heterocycles. The Morgan fingerprint density at radius 3 is 2.17 bits per heavy atom. The van der Waals surface area contributed by atoms with Crippen LogP contribution in [0.15, 0.2) is 94.9 Å². The maximum Gasteiger partial charge on any atom is 0.240 e. The number of anilines is 4. The van der Waals surface area contributed by atoms with Gasteiger partial charge in [0.15, 0.2) is 5.82 Å². The molecule has 0 saturated heterocycles. The molecule has 3 aromatic carbocycles. The Morgan fingerprint density at radius 2 is 1.55 bits per heavy atom.